The Morgan fingerprint density at radius 2 is 1.00 bits per heavy atom. The summed E-state index contributed by atoms with van der Waals surface area (Å²) < 4.78 is 0. The summed E-state index contributed by atoms with van der Waals surface area (Å²) >= 11 is 0. The van der Waals surface area contributed by atoms with Crippen molar-refractivity contribution in [3.8, 4) is 0 Å². The maximum atomic E-state index is 9.25. The Morgan fingerprint density at radius 3 is 1.07 bits per heavy atom. The molecule has 1 rings (SSSR count). The van der Waals surface area contributed by atoms with Crippen molar-refractivity contribution in [2.45, 2.75) is 0 Å². The van der Waals surface area contributed by atoms with Crippen molar-refractivity contribution in [1.29, 1.82) is 0 Å². The Hall–Kier alpha value is -1.85. The van der Waals surface area contributed by atoms with Gasteiger partial charge in [0.2, 0.25) is 0 Å². The molecule has 0 heterocycles. The van der Waals surface area contributed by atoms with E-state index in [1.807, 2.05) is 36.4 Å². The van der Waals surface area contributed by atoms with Crippen LogP contribution in [0.5, 0.6) is 0 Å². The molecule has 15 heavy (non-hydrogen) atoms. The molecule has 1 aromatic carbocycles. The molecule has 0 aliphatic heterocycles. The highest BCUT2D eigenvalue weighted by atomic mass is 19.0. The van der Waals surface area contributed by atoms with Crippen LogP contribution in [0, 0.1) is 0 Å². The maximum Gasteiger partial charge on any atom is 0.327 e. The van der Waals surface area contributed by atoms with Gasteiger partial charge in [0.15, 0.2) is 0 Å². The van der Waals surface area contributed by atoms with E-state index < -0.39 is 5.97 Å². The Kier molecular flexibility index (Phi) is 44.3. The molecular formula is C9H14F4O2. The van der Waals surface area contributed by atoms with Crippen LogP contribution in [-0.2, 0) is 4.79 Å². The van der Waals surface area contributed by atoms with E-state index in [1.165, 1.54) is 0 Å². The van der Waals surface area contributed by atoms with Gasteiger partial charge in [-0.3, -0.25) is 18.8 Å². The summed E-state index contributed by atoms with van der Waals surface area (Å²) in [4.78, 5) is 9.25. The average molecular weight is 230 g/mol. The SMILES string of the molecule is C=CC(=O)O.F.F.F.F.c1ccccc1. The lowest BCUT2D eigenvalue weighted by molar-refractivity contribution is -0.131. The molecule has 0 fully saturated rings. The first-order chi connectivity index (χ1) is 5.27. The first-order valence-corrected chi connectivity index (χ1v) is 3.12. The summed E-state index contributed by atoms with van der Waals surface area (Å²) in [5.41, 5.74) is 0. The fourth-order valence-corrected chi connectivity index (χ4v) is 0.385. The van der Waals surface area contributed by atoms with Gasteiger partial charge in [-0.1, -0.05) is 43.0 Å². The number of aliphatic carboxylic acids is 1. The molecule has 2 nitrogen and oxygen atoms in total. The summed E-state index contributed by atoms with van der Waals surface area (Å²) in [6.45, 7) is 2.96. The predicted octanol–water partition coefficient (Wildman–Crippen LogP) is 2.55. The molecule has 90 valence electrons. The molecule has 0 radical (unpaired) electrons. The molecular weight excluding hydrogens is 216 g/mol. The minimum atomic E-state index is -0.981. The normalized spacial score (nSPS) is 5.33. The number of hydrogen-bond donors (Lipinski definition) is 1. The number of benzene rings is 1. The second-order valence-electron chi connectivity index (χ2n) is 1.70. The van der Waals surface area contributed by atoms with Crippen molar-refractivity contribution in [2.75, 3.05) is 0 Å². The largest absolute Gasteiger partial charge is 0.478 e. The molecule has 0 atom stereocenters. The molecule has 0 saturated carbocycles. The zero-order valence-corrected chi connectivity index (χ0v) is 7.74. The minimum Gasteiger partial charge on any atom is -0.478 e. The van der Waals surface area contributed by atoms with Crippen LogP contribution in [0.1, 0.15) is 0 Å². The molecule has 0 bridgehead atoms. The van der Waals surface area contributed by atoms with Crippen LogP contribution in [0.15, 0.2) is 49.1 Å². The summed E-state index contributed by atoms with van der Waals surface area (Å²) in [7, 11) is 0. The number of carbonyl (C=O) groups is 1. The molecule has 0 unspecified atom stereocenters. The summed E-state index contributed by atoms with van der Waals surface area (Å²) in [6.07, 6.45) is 0.833. The predicted molar refractivity (Wildman–Crippen MR) is 54.3 cm³/mol. The lowest BCUT2D eigenvalue weighted by atomic mass is 10.4. The van der Waals surface area contributed by atoms with Crippen molar-refractivity contribution < 1.29 is 28.7 Å². The molecule has 1 N–H and O–H groups in total. The van der Waals surface area contributed by atoms with Gasteiger partial charge < -0.3 is 5.11 Å². The third-order valence-corrected chi connectivity index (χ3v) is 0.841. The number of carboxylic acid groups (broad SMARTS) is 1. The molecule has 0 spiro atoms. The van der Waals surface area contributed by atoms with E-state index in [1.54, 1.807) is 0 Å². The van der Waals surface area contributed by atoms with Crippen LogP contribution >= 0.6 is 0 Å². The zero-order chi connectivity index (χ0) is 8.53. The van der Waals surface area contributed by atoms with Gasteiger partial charge >= 0.3 is 5.97 Å². The van der Waals surface area contributed by atoms with Gasteiger partial charge in [-0.15, -0.1) is 0 Å². The van der Waals surface area contributed by atoms with Crippen molar-refractivity contribution in [2.24, 2.45) is 0 Å². The molecule has 0 aliphatic rings. The Balaban J connectivity index is -0.0000000356. The van der Waals surface area contributed by atoms with Crippen molar-refractivity contribution in [3.05, 3.63) is 49.1 Å². The van der Waals surface area contributed by atoms with E-state index in [-0.39, 0.29) is 18.8 Å². The van der Waals surface area contributed by atoms with Crippen molar-refractivity contribution >= 4 is 5.97 Å². The van der Waals surface area contributed by atoms with Crippen molar-refractivity contribution in [1.82, 2.24) is 0 Å². The molecule has 0 aliphatic carbocycles. The van der Waals surface area contributed by atoms with Crippen LogP contribution in [0.2, 0.25) is 0 Å². The number of carboxylic acids is 1. The number of halogens is 4. The summed E-state index contributed by atoms with van der Waals surface area (Å²) in [5, 5.41) is 7.60. The number of rotatable bonds is 1. The Bertz CT molecular complexity index is 190. The van der Waals surface area contributed by atoms with Crippen LogP contribution in [-0.4, -0.2) is 11.1 Å². The summed E-state index contributed by atoms with van der Waals surface area (Å²) in [6, 6.07) is 12.0. The van der Waals surface area contributed by atoms with Gasteiger partial charge in [0.25, 0.3) is 0 Å². The van der Waals surface area contributed by atoms with E-state index in [0.29, 0.717) is 0 Å². The maximum absolute atomic E-state index is 9.25. The highest BCUT2D eigenvalue weighted by Crippen LogP contribution is 1.79. The van der Waals surface area contributed by atoms with E-state index in [4.69, 9.17) is 5.11 Å². The topological polar surface area (TPSA) is 37.3 Å². The first-order valence-electron chi connectivity index (χ1n) is 3.12. The fraction of sp³-hybridized carbons (Fsp3) is 0. The van der Waals surface area contributed by atoms with Gasteiger partial charge in [0, 0.05) is 6.08 Å². The average Bonchev–Trinajstić information content (AvgIpc) is 2.09. The third kappa shape index (κ3) is 33.1. The molecule has 6 heteroatoms. The van der Waals surface area contributed by atoms with Gasteiger partial charge in [-0.05, 0) is 0 Å². The standard InChI is InChI=1S/C6H6.C3H4O2.4FH/c1-2-4-6-5-3-1;1-2-3(4)5;;;;/h1-6H;2H,1H2,(H,4,5);4*1H. The van der Waals surface area contributed by atoms with Gasteiger partial charge in [0.1, 0.15) is 0 Å². The van der Waals surface area contributed by atoms with Crippen LogP contribution in [0.3, 0.4) is 0 Å². The molecule has 0 aromatic heterocycles. The van der Waals surface area contributed by atoms with Gasteiger partial charge in [-0.2, -0.15) is 0 Å². The van der Waals surface area contributed by atoms with E-state index in [0.717, 1.165) is 6.08 Å². The van der Waals surface area contributed by atoms with Gasteiger partial charge in [0.05, 0.1) is 0 Å². The highest BCUT2D eigenvalue weighted by Gasteiger charge is 1.73. The summed E-state index contributed by atoms with van der Waals surface area (Å²) in [5.74, 6) is -0.981. The molecule has 1 aromatic rings. The number of hydrogen-bond acceptors (Lipinski definition) is 1. The lowest BCUT2D eigenvalue weighted by Crippen LogP contribution is -1.82. The quantitative estimate of drug-likeness (QED) is 0.594. The molecule has 0 amide bonds. The van der Waals surface area contributed by atoms with Gasteiger partial charge in [-0.25, -0.2) is 4.79 Å². The van der Waals surface area contributed by atoms with E-state index in [2.05, 4.69) is 6.58 Å². The monoisotopic (exact) mass is 230 g/mol. The van der Waals surface area contributed by atoms with Crippen molar-refractivity contribution in [3.63, 3.8) is 0 Å². The smallest absolute Gasteiger partial charge is 0.327 e. The van der Waals surface area contributed by atoms with E-state index in [9.17, 15) is 4.79 Å². The van der Waals surface area contributed by atoms with Crippen LogP contribution < -0.4 is 0 Å². The lowest BCUT2D eigenvalue weighted by Gasteiger charge is -1.69. The minimum absolute atomic E-state index is 0. The second-order valence-corrected chi connectivity index (χ2v) is 1.70. The molecule has 0 saturated heterocycles. The third-order valence-electron chi connectivity index (χ3n) is 0.841. The first kappa shape index (κ1) is 29.2. The zero-order valence-electron chi connectivity index (χ0n) is 7.74. The van der Waals surface area contributed by atoms with Crippen LogP contribution in [0.25, 0.3) is 0 Å². The fourth-order valence-electron chi connectivity index (χ4n) is 0.385. The van der Waals surface area contributed by atoms with E-state index >= 15 is 0 Å². The Morgan fingerprint density at radius 1 is 0.867 bits per heavy atom. The second kappa shape index (κ2) is 22.7. The highest BCUT2D eigenvalue weighted by molar-refractivity contribution is 5.78. The Labute approximate surface area is 84.7 Å². The van der Waals surface area contributed by atoms with Crippen LogP contribution in [0.4, 0.5) is 18.8 Å².